The molecule has 0 amide bonds. The summed E-state index contributed by atoms with van der Waals surface area (Å²) >= 11 is 0. The van der Waals surface area contributed by atoms with Gasteiger partial charge in [-0.3, -0.25) is 4.98 Å². The van der Waals surface area contributed by atoms with Crippen molar-refractivity contribution in [1.82, 2.24) is 4.98 Å². The lowest BCUT2D eigenvalue weighted by molar-refractivity contribution is 0.215. The monoisotopic (exact) mass is 488 g/mol. The molecule has 0 unspecified atom stereocenters. The maximum Gasteiger partial charge on any atom is 0.132 e. The topological polar surface area (TPSA) is 84.0 Å². The van der Waals surface area contributed by atoms with Crippen LogP contribution in [0.3, 0.4) is 0 Å². The first-order valence-corrected chi connectivity index (χ1v) is 11.7. The average molecular weight is 489 g/mol. The lowest BCUT2D eigenvalue weighted by atomic mass is 9.95. The number of pyridine rings is 1. The Balaban J connectivity index is 1.72. The van der Waals surface area contributed by atoms with Crippen molar-refractivity contribution in [1.29, 1.82) is 0 Å². The molecule has 0 aliphatic carbocycles. The minimum atomic E-state index is -0.648. The number of phenols is 1. The quantitative estimate of drug-likeness (QED) is 0.288. The number of phenolic OH excluding ortho intramolecular Hbond substituents is 1. The van der Waals surface area contributed by atoms with Crippen LogP contribution < -0.4 is 10.6 Å². The zero-order chi connectivity index (χ0) is 25.2. The number of rotatable bonds is 5. The van der Waals surface area contributed by atoms with E-state index in [9.17, 15) is 13.9 Å². The lowest BCUT2D eigenvalue weighted by Crippen LogP contribution is -2.40. The average Bonchev–Trinajstić information content (AvgIpc) is 2.87. The van der Waals surface area contributed by atoms with Gasteiger partial charge < -0.3 is 20.6 Å². The third kappa shape index (κ3) is 4.59. The minimum absolute atomic E-state index is 0.0689. The number of nitrogens with two attached hydrogens (primary N) is 1. The van der Waals surface area contributed by atoms with Gasteiger partial charge in [-0.2, -0.15) is 0 Å². The lowest BCUT2D eigenvalue weighted by Gasteiger charge is -2.34. The molecule has 6 nitrogen and oxygen atoms in total. The van der Waals surface area contributed by atoms with Crippen LogP contribution in [0.2, 0.25) is 0 Å². The van der Waals surface area contributed by atoms with Gasteiger partial charge in [-0.05, 0) is 54.3 Å². The van der Waals surface area contributed by atoms with Gasteiger partial charge in [-0.15, -0.1) is 0 Å². The van der Waals surface area contributed by atoms with Crippen molar-refractivity contribution in [2.45, 2.75) is 18.9 Å². The standard InChI is InChI=1S/C28H26F2N4O2/c1-36-33-15-18-3-2-4-23(28(18)35)17-5-6-26-24(13-17)27(34-9-7-22(31)8-10-34)25(16-32-26)19-11-20(29)14-21(30)12-19/h2-6,11-16,22,35H,7-10,31H2,1H3. The molecule has 3 aromatic carbocycles. The van der Waals surface area contributed by atoms with Gasteiger partial charge in [0.2, 0.25) is 0 Å². The molecule has 0 spiro atoms. The van der Waals surface area contributed by atoms with E-state index in [0.29, 0.717) is 35.3 Å². The van der Waals surface area contributed by atoms with E-state index in [1.54, 1.807) is 12.3 Å². The second-order valence-electron chi connectivity index (χ2n) is 8.90. The van der Waals surface area contributed by atoms with Crippen molar-refractivity contribution in [3.63, 3.8) is 0 Å². The van der Waals surface area contributed by atoms with E-state index in [0.717, 1.165) is 41.1 Å². The number of hydrogen-bond donors (Lipinski definition) is 2. The molecule has 1 aliphatic heterocycles. The molecule has 4 aromatic rings. The molecule has 2 heterocycles. The summed E-state index contributed by atoms with van der Waals surface area (Å²) in [4.78, 5) is 11.6. The Hall–Kier alpha value is -4.04. The summed E-state index contributed by atoms with van der Waals surface area (Å²) in [6.07, 6.45) is 4.73. The third-order valence-electron chi connectivity index (χ3n) is 6.54. The highest BCUT2D eigenvalue weighted by Crippen LogP contribution is 2.41. The molecule has 1 aliphatic rings. The van der Waals surface area contributed by atoms with E-state index >= 15 is 0 Å². The fourth-order valence-electron chi connectivity index (χ4n) is 4.74. The number of nitrogens with zero attached hydrogens (tertiary/aromatic N) is 3. The first-order valence-electron chi connectivity index (χ1n) is 11.7. The molecule has 0 bridgehead atoms. The van der Waals surface area contributed by atoms with Crippen molar-refractivity contribution in [3.8, 4) is 28.0 Å². The van der Waals surface area contributed by atoms with E-state index in [4.69, 9.17) is 10.6 Å². The SMILES string of the molecule is CON=Cc1cccc(-c2ccc3ncc(-c4cc(F)cc(F)c4)c(N4CCC(N)CC4)c3c2)c1O. The molecule has 36 heavy (non-hydrogen) atoms. The van der Waals surface area contributed by atoms with Crippen molar-refractivity contribution in [3.05, 3.63) is 78.0 Å². The predicted molar refractivity (Wildman–Crippen MR) is 138 cm³/mol. The van der Waals surface area contributed by atoms with Crippen LogP contribution in [0.15, 0.2) is 65.9 Å². The van der Waals surface area contributed by atoms with Crippen LogP contribution in [0.5, 0.6) is 5.75 Å². The molecule has 0 saturated carbocycles. The number of benzene rings is 3. The highest BCUT2D eigenvalue weighted by molar-refractivity contribution is 6.02. The summed E-state index contributed by atoms with van der Waals surface area (Å²) in [5.74, 6) is -1.23. The number of piperidine rings is 1. The molecular formula is C28H26F2N4O2. The molecular weight excluding hydrogens is 462 g/mol. The number of aromatic hydroxyl groups is 1. The maximum absolute atomic E-state index is 14.2. The van der Waals surface area contributed by atoms with E-state index in [-0.39, 0.29) is 11.8 Å². The first-order chi connectivity index (χ1) is 17.4. The summed E-state index contributed by atoms with van der Waals surface area (Å²) in [5, 5.41) is 15.5. The van der Waals surface area contributed by atoms with Crippen LogP contribution in [0.25, 0.3) is 33.2 Å². The first kappa shape index (κ1) is 23.7. The predicted octanol–water partition coefficient (Wildman–Crippen LogP) is 5.46. The summed E-state index contributed by atoms with van der Waals surface area (Å²) in [6, 6.07) is 14.7. The molecule has 1 fully saturated rings. The normalized spacial score (nSPS) is 14.6. The van der Waals surface area contributed by atoms with Gasteiger partial charge in [0.05, 0.1) is 17.4 Å². The maximum atomic E-state index is 14.2. The number of aromatic nitrogens is 1. The molecule has 0 atom stereocenters. The molecule has 0 radical (unpaired) electrons. The van der Waals surface area contributed by atoms with E-state index < -0.39 is 11.6 Å². The van der Waals surface area contributed by atoms with Crippen molar-refractivity contribution in [2.24, 2.45) is 10.9 Å². The number of fused-ring (bicyclic) bond motifs is 1. The Kier molecular flexibility index (Phi) is 6.52. The van der Waals surface area contributed by atoms with Crippen molar-refractivity contribution >= 4 is 22.8 Å². The summed E-state index contributed by atoms with van der Waals surface area (Å²) in [5.41, 5.74) is 10.7. The fraction of sp³-hybridized carbons (Fsp3) is 0.214. The van der Waals surface area contributed by atoms with Crippen LogP contribution in [-0.2, 0) is 4.84 Å². The molecule has 8 heteroatoms. The Morgan fingerprint density at radius 3 is 2.50 bits per heavy atom. The van der Waals surface area contributed by atoms with Gasteiger partial charge in [0.25, 0.3) is 0 Å². The zero-order valence-electron chi connectivity index (χ0n) is 19.8. The number of hydrogen-bond acceptors (Lipinski definition) is 6. The van der Waals surface area contributed by atoms with E-state index in [1.165, 1.54) is 25.5 Å². The van der Waals surface area contributed by atoms with Gasteiger partial charge >= 0.3 is 0 Å². The largest absolute Gasteiger partial charge is 0.507 e. The molecule has 184 valence electrons. The van der Waals surface area contributed by atoms with Gasteiger partial charge in [-0.25, -0.2) is 8.78 Å². The minimum Gasteiger partial charge on any atom is -0.507 e. The summed E-state index contributed by atoms with van der Waals surface area (Å²) in [6.45, 7) is 1.42. The molecule has 5 rings (SSSR count). The smallest absolute Gasteiger partial charge is 0.132 e. The Bertz CT molecular complexity index is 1430. The van der Waals surface area contributed by atoms with Gasteiger partial charge in [0.1, 0.15) is 24.5 Å². The Morgan fingerprint density at radius 2 is 1.78 bits per heavy atom. The molecule has 3 N–H and O–H groups in total. The third-order valence-corrected chi connectivity index (χ3v) is 6.54. The van der Waals surface area contributed by atoms with Gasteiger partial charge in [0.15, 0.2) is 0 Å². The fourth-order valence-corrected chi connectivity index (χ4v) is 4.74. The summed E-state index contributed by atoms with van der Waals surface area (Å²) < 4.78 is 28.3. The molecule has 1 aromatic heterocycles. The van der Waals surface area contributed by atoms with Gasteiger partial charge in [0, 0.05) is 53.5 Å². The van der Waals surface area contributed by atoms with Gasteiger partial charge in [-0.1, -0.05) is 23.4 Å². The Morgan fingerprint density at radius 1 is 1.03 bits per heavy atom. The number of oxime groups is 1. The van der Waals surface area contributed by atoms with Crippen LogP contribution in [0, 0.1) is 11.6 Å². The van der Waals surface area contributed by atoms with Crippen LogP contribution in [0.1, 0.15) is 18.4 Å². The Labute approximate surface area is 207 Å². The van der Waals surface area contributed by atoms with E-state index in [1.807, 2.05) is 30.3 Å². The van der Waals surface area contributed by atoms with E-state index in [2.05, 4.69) is 15.0 Å². The number of anilines is 1. The van der Waals surface area contributed by atoms with Crippen LogP contribution in [0.4, 0.5) is 14.5 Å². The van der Waals surface area contributed by atoms with Crippen LogP contribution in [-0.4, -0.2) is 42.5 Å². The second-order valence-corrected chi connectivity index (χ2v) is 8.90. The second kappa shape index (κ2) is 9.91. The number of para-hydroxylation sites is 1. The highest BCUT2D eigenvalue weighted by atomic mass is 19.1. The van der Waals surface area contributed by atoms with Crippen molar-refractivity contribution < 1.29 is 18.7 Å². The highest BCUT2D eigenvalue weighted by Gasteiger charge is 2.23. The number of halogens is 2. The van der Waals surface area contributed by atoms with Crippen molar-refractivity contribution in [2.75, 3.05) is 25.1 Å². The van der Waals surface area contributed by atoms with Crippen LogP contribution >= 0.6 is 0 Å². The zero-order valence-corrected chi connectivity index (χ0v) is 19.8. The molecule has 1 saturated heterocycles. The summed E-state index contributed by atoms with van der Waals surface area (Å²) in [7, 11) is 1.44.